The van der Waals surface area contributed by atoms with Gasteiger partial charge in [-0.25, -0.2) is 4.98 Å². The summed E-state index contributed by atoms with van der Waals surface area (Å²) in [7, 11) is 1.73. The van der Waals surface area contributed by atoms with Crippen LogP contribution in [-0.4, -0.2) is 22.8 Å². The van der Waals surface area contributed by atoms with Crippen molar-refractivity contribution < 1.29 is 4.79 Å². The van der Waals surface area contributed by atoms with Crippen LogP contribution in [0, 0.1) is 0 Å². The van der Waals surface area contributed by atoms with E-state index in [0.29, 0.717) is 16.5 Å². The zero-order valence-corrected chi connectivity index (χ0v) is 12.1. The van der Waals surface area contributed by atoms with Crippen molar-refractivity contribution in [2.45, 2.75) is 13.0 Å². The summed E-state index contributed by atoms with van der Waals surface area (Å²) in [5.74, 6) is 0.157. The van der Waals surface area contributed by atoms with Gasteiger partial charge in [-0.15, -0.1) is 0 Å². The molecule has 0 aliphatic rings. The van der Waals surface area contributed by atoms with Crippen LogP contribution in [0.2, 0.25) is 5.02 Å². The first-order valence-electron chi connectivity index (χ1n) is 6.24. The molecule has 104 valence electrons. The van der Waals surface area contributed by atoms with Gasteiger partial charge in [0.2, 0.25) is 0 Å². The van der Waals surface area contributed by atoms with Crippen molar-refractivity contribution >= 4 is 23.3 Å². The van der Waals surface area contributed by atoms with Gasteiger partial charge in [0, 0.05) is 12.1 Å². The number of halogens is 1. The molecule has 0 bridgehead atoms. The summed E-state index contributed by atoms with van der Waals surface area (Å²) in [6, 6.07) is 12.4. The van der Waals surface area contributed by atoms with Crippen molar-refractivity contribution in [2.24, 2.45) is 0 Å². The molecule has 2 aromatic rings. The van der Waals surface area contributed by atoms with E-state index in [0.717, 1.165) is 5.56 Å². The first-order chi connectivity index (χ1) is 9.49. The number of nitrogens with two attached hydrogens (primary N) is 1. The first kappa shape index (κ1) is 14.3. The number of hydrogen-bond donors (Lipinski definition) is 1. The van der Waals surface area contributed by atoms with Crippen LogP contribution in [0.5, 0.6) is 0 Å². The highest BCUT2D eigenvalue weighted by Gasteiger charge is 2.20. The molecule has 1 amide bonds. The van der Waals surface area contributed by atoms with Gasteiger partial charge in [0.05, 0.1) is 6.04 Å². The first-order valence-corrected chi connectivity index (χ1v) is 6.62. The molecular formula is C15H16ClN3O. The van der Waals surface area contributed by atoms with Gasteiger partial charge < -0.3 is 10.6 Å². The average molecular weight is 290 g/mol. The number of anilines is 1. The second-order valence-electron chi connectivity index (χ2n) is 4.59. The van der Waals surface area contributed by atoms with Crippen LogP contribution in [0.3, 0.4) is 0 Å². The Morgan fingerprint density at radius 2 is 2.00 bits per heavy atom. The smallest absolute Gasteiger partial charge is 0.272 e. The monoisotopic (exact) mass is 289 g/mol. The van der Waals surface area contributed by atoms with Crippen LogP contribution in [0.25, 0.3) is 0 Å². The molecule has 0 fully saturated rings. The van der Waals surface area contributed by atoms with E-state index in [1.165, 1.54) is 0 Å². The van der Waals surface area contributed by atoms with E-state index in [2.05, 4.69) is 4.98 Å². The number of benzene rings is 1. The summed E-state index contributed by atoms with van der Waals surface area (Å²) in [5, 5.41) is 0.650. The number of carbonyl (C=O) groups is 1. The molecule has 0 spiro atoms. The van der Waals surface area contributed by atoms with Crippen molar-refractivity contribution in [2.75, 3.05) is 12.8 Å². The van der Waals surface area contributed by atoms with Crippen molar-refractivity contribution in [3.05, 3.63) is 58.7 Å². The number of hydrogen-bond acceptors (Lipinski definition) is 3. The Balaban J connectivity index is 2.22. The van der Waals surface area contributed by atoms with E-state index < -0.39 is 0 Å². The Labute approximate surface area is 123 Å². The predicted molar refractivity (Wildman–Crippen MR) is 80.6 cm³/mol. The molecule has 1 aromatic carbocycles. The lowest BCUT2D eigenvalue weighted by atomic mass is 10.1. The number of nitrogens with zero attached hydrogens (tertiary/aromatic N) is 2. The minimum atomic E-state index is -0.176. The zero-order chi connectivity index (χ0) is 14.7. The summed E-state index contributed by atoms with van der Waals surface area (Å²) >= 11 is 5.98. The van der Waals surface area contributed by atoms with E-state index in [9.17, 15) is 4.79 Å². The van der Waals surface area contributed by atoms with Crippen LogP contribution in [0.15, 0.2) is 42.5 Å². The molecule has 1 heterocycles. The topological polar surface area (TPSA) is 59.2 Å². The number of pyridine rings is 1. The molecule has 5 heteroatoms. The lowest BCUT2D eigenvalue weighted by Crippen LogP contribution is -2.30. The van der Waals surface area contributed by atoms with Gasteiger partial charge >= 0.3 is 0 Å². The Bertz CT molecular complexity index is 630. The maximum absolute atomic E-state index is 12.4. The molecule has 0 radical (unpaired) electrons. The van der Waals surface area contributed by atoms with Crippen molar-refractivity contribution in [1.29, 1.82) is 0 Å². The fourth-order valence-corrected chi connectivity index (χ4v) is 2.12. The van der Waals surface area contributed by atoms with E-state index in [4.69, 9.17) is 17.3 Å². The zero-order valence-electron chi connectivity index (χ0n) is 11.4. The fraction of sp³-hybridized carbons (Fsp3) is 0.200. The van der Waals surface area contributed by atoms with Gasteiger partial charge in [-0.3, -0.25) is 4.79 Å². The molecule has 1 atom stereocenters. The Morgan fingerprint density at radius 1 is 1.30 bits per heavy atom. The molecule has 1 unspecified atom stereocenters. The largest absolute Gasteiger partial charge is 0.384 e. The number of amides is 1. The third-order valence-corrected chi connectivity index (χ3v) is 3.46. The van der Waals surface area contributed by atoms with E-state index >= 15 is 0 Å². The molecule has 2 N–H and O–H groups in total. The van der Waals surface area contributed by atoms with Crippen LogP contribution in [-0.2, 0) is 0 Å². The highest BCUT2D eigenvalue weighted by Crippen LogP contribution is 2.23. The van der Waals surface area contributed by atoms with Gasteiger partial charge in [-0.1, -0.05) is 29.8 Å². The van der Waals surface area contributed by atoms with Crippen molar-refractivity contribution in [1.82, 2.24) is 9.88 Å². The maximum atomic E-state index is 12.4. The van der Waals surface area contributed by atoms with Gasteiger partial charge in [0.25, 0.3) is 5.91 Å². The highest BCUT2D eigenvalue weighted by molar-refractivity contribution is 6.30. The van der Waals surface area contributed by atoms with Crippen molar-refractivity contribution in [3.63, 3.8) is 0 Å². The Hall–Kier alpha value is -2.07. The summed E-state index contributed by atoms with van der Waals surface area (Å²) in [6.07, 6.45) is 0. The Kier molecular flexibility index (Phi) is 4.25. The third-order valence-electron chi connectivity index (χ3n) is 3.22. The second-order valence-corrected chi connectivity index (χ2v) is 5.03. The normalized spacial score (nSPS) is 11.9. The van der Waals surface area contributed by atoms with Crippen LogP contribution < -0.4 is 5.73 Å². The predicted octanol–water partition coefficient (Wildman–Crippen LogP) is 3.15. The summed E-state index contributed by atoms with van der Waals surface area (Å²) in [6.45, 7) is 1.94. The van der Waals surface area contributed by atoms with Crippen molar-refractivity contribution in [3.8, 4) is 0 Å². The average Bonchev–Trinajstić information content (AvgIpc) is 2.45. The number of carbonyl (C=O) groups excluding carboxylic acids is 1. The quantitative estimate of drug-likeness (QED) is 0.944. The molecule has 0 aliphatic carbocycles. The van der Waals surface area contributed by atoms with E-state index in [1.54, 1.807) is 36.2 Å². The molecule has 20 heavy (non-hydrogen) atoms. The molecule has 1 aromatic heterocycles. The maximum Gasteiger partial charge on any atom is 0.272 e. The van der Waals surface area contributed by atoms with Crippen LogP contribution in [0.4, 0.5) is 5.82 Å². The molecule has 0 saturated carbocycles. The molecule has 2 rings (SSSR count). The number of aromatic nitrogens is 1. The van der Waals surface area contributed by atoms with Gasteiger partial charge in [-0.05, 0) is 36.8 Å². The molecule has 0 saturated heterocycles. The minimum Gasteiger partial charge on any atom is -0.384 e. The van der Waals surface area contributed by atoms with Crippen LogP contribution in [0.1, 0.15) is 29.0 Å². The number of rotatable bonds is 3. The third kappa shape index (κ3) is 3.08. The standard InChI is InChI=1S/C15H16ClN3O/c1-10(11-5-3-6-12(16)9-11)19(2)15(20)13-7-4-8-14(17)18-13/h3-10H,1-2H3,(H2,17,18). The Morgan fingerprint density at radius 3 is 2.65 bits per heavy atom. The number of nitrogen functional groups attached to an aromatic ring is 1. The van der Waals surface area contributed by atoms with E-state index in [1.807, 2.05) is 25.1 Å². The molecular weight excluding hydrogens is 274 g/mol. The second kappa shape index (κ2) is 5.92. The fourth-order valence-electron chi connectivity index (χ4n) is 1.92. The van der Waals surface area contributed by atoms with Crippen LogP contribution >= 0.6 is 11.6 Å². The van der Waals surface area contributed by atoms with Gasteiger partial charge in [0.1, 0.15) is 11.5 Å². The van der Waals surface area contributed by atoms with E-state index in [-0.39, 0.29) is 11.9 Å². The van der Waals surface area contributed by atoms with Gasteiger partial charge in [0.15, 0.2) is 0 Å². The summed E-state index contributed by atoms with van der Waals surface area (Å²) < 4.78 is 0. The summed E-state index contributed by atoms with van der Waals surface area (Å²) in [4.78, 5) is 18.0. The SMILES string of the molecule is CC(c1cccc(Cl)c1)N(C)C(=O)c1cccc(N)n1. The van der Waals surface area contributed by atoms with Gasteiger partial charge in [-0.2, -0.15) is 0 Å². The molecule has 0 aliphatic heterocycles. The highest BCUT2D eigenvalue weighted by atomic mass is 35.5. The lowest BCUT2D eigenvalue weighted by molar-refractivity contribution is 0.0737. The minimum absolute atomic E-state index is 0.107. The lowest BCUT2D eigenvalue weighted by Gasteiger charge is -2.25. The summed E-state index contributed by atoms with van der Waals surface area (Å²) in [5.41, 5.74) is 6.91. The molecule has 4 nitrogen and oxygen atoms in total.